The third-order valence-electron chi connectivity index (χ3n) is 4.57. The Morgan fingerprint density at radius 2 is 1.70 bits per heavy atom. The van der Waals surface area contributed by atoms with Crippen molar-refractivity contribution in [3.63, 3.8) is 0 Å². The van der Waals surface area contributed by atoms with Crippen molar-refractivity contribution in [1.82, 2.24) is 5.32 Å². The van der Waals surface area contributed by atoms with Crippen LogP contribution in [0.25, 0.3) is 6.08 Å². The van der Waals surface area contributed by atoms with Crippen LogP contribution in [0.5, 0.6) is 17.2 Å². The van der Waals surface area contributed by atoms with E-state index in [4.69, 9.17) is 14.2 Å². The van der Waals surface area contributed by atoms with E-state index in [1.165, 1.54) is 27.4 Å². The molecule has 0 spiro atoms. The Hall–Kier alpha value is -3.48. The highest BCUT2D eigenvalue weighted by molar-refractivity contribution is 6.07. The number of para-hydroxylation sites is 1. The van der Waals surface area contributed by atoms with Gasteiger partial charge in [-0.2, -0.15) is 0 Å². The molecule has 2 rings (SSSR count). The Morgan fingerprint density at radius 3 is 2.33 bits per heavy atom. The van der Waals surface area contributed by atoms with Gasteiger partial charge in [-0.05, 0) is 43.7 Å². The predicted molar refractivity (Wildman–Crippen MR) is 117 cm³/mol. The van der Waals surface area contributed by atoms with Gasteiger partial charge in [-0.3, -0.25) is 9.59 Å². The molecule has 0 aromatic heterocycles. The number of benzene rings is 2. The molecule has 0 bridgehead atoms. The lowest BCUT2D eigenvalue weighted by molar-refractivity contribution is -0.111. The Bertz CT molecular complexity index is 924. The summed E-state index contributed by atoms with van der Waals surface area (Å²) in [5.74, 6) is 0.808. The molecule has 0 fully saturated rings. The topological polar surface area (TPSA) is 85.9 Å². The van der Waals surface area contributed by atoms with E-state index in [2.05, 4.69) is 10.6 Å². The number of amides is 2. The molecule has 2 N–H and O–H groups in total. The van der Waals surface area contributed by atoms with E-state index in [-0.39, 0.29) is 17.9 Å². The molecule has 2 aromatic rings. The normalized spacial score (nSPS) is 11.6. The van der Waals surface area contributed by atoms with Crippen molar-refractivity contribution in [2.75, 3.05) is 26.6 Å². The van der Waals surface area contributed by atoms with Crippen molar-refractivity contribution < 1.29 is 23.8 Å². The van der Waals surface area contributed by atoms with Crippen LogP contribution >= 0.6 is 0 Å². The summed E-state index contributed by atoms with van der Waals surface area (Å²) in [5, 5.41) is 5.66. The highest BCUT2D eigenvalue weighted by atomic mass is 16.5. The van der Waals surface area contributed by atoms with Crippen LogP contribution < -0.4 is 24.8 Å². The van der Waals surface area contributed by atoms with Crippen LogP contribution in [0.1, 0.15) is 36.2 Å². The minimum atomic E-state index is -0.379. The first-order valence-corrected chi connectivity index (χ1v) is 9.63. The Labute approximate surface area is 177 Å². The number of rotatable bonds is 9. The SMILES string of the molecule is CC[C@@H](C)NC(=O)c1ccccc1NC(=O)/C=C/c1ccc(OC)c(OC)c1OC. The van der Waals surface area contributed by atoms with Crippen LogP contribution in [0, 0.1) is 0 Å². The first-order valence-electron chi connectivity index (χ1n) is 9.63. The largest absolute Gasteiger partial charge is 0.493 e. The molecule has 0 radical (unpaired) electrons. The van der Waals surface area contributed by atoms with Gasteiger partial charge >= 0.3 is 0 Å². The minimum absolute atomic E-state index is 0.0404. The lowest BCUT2D eigenvalue weighted by Gasteiger charge is -2.14. The van der Waals surface area contributed by atoms with Crippen LogP contribution in [0.4, 0.5) is 5.69 Å². The maximum Gasteiger partial charge on any atom is 0.253 e. The first kappa shape index (κ1) is 22.8. The quantitative estimate of drug-likeness (QED) is 0.610. The van der Waals surface area contributed by atoms with Crippen LogP contribution in [0.15, 0.2) is 42.5 Å². The second-order valence-electron chi connectivity index (χ2n) is 6.57. The molecule has 0 aliphatic carbocycles. The average Bonchev–Trinajstić information content (AvgIpc) is 2.76. The smallest absolute Gasteiger partial charge is 0.253 e. The van der Waals surface area contributed by atoms with Crippen molar-refractivity contribution in [1.29, 1.82) is 0 Å². The van der Waals surface area contributed by atoms with Crippen molar-refractivity contribution in [3.05, 3.63) is 53.6 Å². The fourth-order valence-electron chi connectivity index (χ4n) is 2.79. The molecule has 0 unspecified atom stereocenters. The lowest BCUT2D eigenvalue weighted by atomic mass is 10.1. The molecule has 30 heavy (non-hydrogen) atoms. The van der Waals surface area contributed by atoms with Gasteiger partial charge in [0.15, 0.2) is 11.5 Å². The molecular formula is C23H28N2O5. The molecule has 160 valence electrons. The summed E-state index contributed by atoms with van der Waals surface area (Å²) in [6, 6.07) is 10.4. The maximum atomic E-state index is 12.5. The van der Waals surface area contributed by atoms with Gasteiger partial charge in [0.1, 0.15) is 0 Å². The van der Waals surface area contributed by atoms with Gasteiger partial charge in [0, 0.05) is 17.7 Å². The summed E-state index contributed by atoms with van der Waals surface area (Å²) in [6.07, 6.45) is 3.79. The highest BCUT2D eigenvalue weighted by Crippen LogP contribution is 2.40. The summed E-state index contributed by atoms with van der Waals surface area (Å²) < 4.78 is 16.0. The molecule has 0 heterocycles. The van der Waals surface area contributed by atoms with E-state index in [1.54, 1.807) is 42.5 Å². The molecule has 7 heteroatoms. The Kier molecular flexibility index (Phi) is 8.29. The average molecular weight is 412 g/mol. The van der Waals surface area contributed by atoms with Crippen molar-refractivity contribution in [2.45, 2.75) is 26.3 Å². The summed E-state index contributed by atoms with van der Waals surface area (Å²) in [6.45, 7) is 3.92. The zero-order chi connectivity index (χ0) is 22.1. The number of ether oxygens (including phenoxy) is 3. The van der Waals surface area contributed by atoms with Gasteiger partial charge < -0.3 is 24.8 Å². The molecule has 0 saturated heterocycles. The molecule has 0 aliphatic heterocycles. The molecule has 2 aromatic carbocycles. The number of methoxy groups -OCH3 is 3. The maximum absolute atomic E-state index is 12.5. The van der Waals surface area contributed by atoms with Crippen LogP contribution in [-0.2, 0) is 4.79 Å². The standard InChI is InChI=1S/C23H28N2O5/c1-6-15(2)24-23(27)17-9-7-8-10-18(17)25-20(26)14-12-16-11-13-19(28-3)22(30-5)21(16)29-4/h7-15H,6H2,1-5H3,(H,24,27)(H,25,26)/b14-12+/t15-/m1/s1. The summed E-state index contributed by atoms with van der Waals surface area (Å²) >= 11 is 0. The zero-order valence-electron chi connectivity index (χ0n) is 17.9. The van der Waals surface area contributed by atoms with Crippen LogP contribution in [0.3, 0.4) is 0 Å². The van der Waals surface area contributed by atoms with E-state index in [0.717, 1.165) is 6.42 Å². The zero-order valence-corrected chi connectivity index (χ0v) is 17.9. The number of hydrogen-bond donors (Lipinski definition) is 2. The Balaban J connectivity index is 2.21. The summed E-state index contributed by atoms with van der Waals surface area (Å²) in [5.41, 5.74) is 1.49. The highest BCUT2D eigenvalue weighted by Gasteiger charge is 2.16. The molecule has 0 saturated carbocycles. The van der Waals surface area contributed by atoms with Crippen molar-refractivity contribution in [3.8, 4) is 17.2 Å². The van der Waals surface area contributed by atoms with Gasteiger partial charge in [0.25, 0.3) is 5.91 Å². The summed E-state index contributed by atoms with van der Waals surface area (Å²) in [7, 11) is 4.57. The lowest BCUT2D eigenvalue weighted by Crippen LogP contribution is -2.32. The van der Waals surface area contributed by atoms with Crippen LogP contribution in [-0.4, -0.2) is 39.2 Å². The molecule has 0 aliphatic rings. The first-order chi connectivity index (χ1) is 14.4. The number of anilines is 1. The monoisotopic (exact) mass is 412 g/mol. The van der Waals surface area contributed by atoms with E-state index in [1.807, 2.05) is 13.8 Å². The van der Waals surface area contributed by atoms with Crippen molar-refractivity contribution >= 4 is 23.6 Å². The molecule has 2 amide bonds. The van der Waals surface area contributed by atoms with Gasteiger partial charge in [0.2, 0.25) is 11.7 Å². The minimum Gasteiger partial charge on any atom is -0.493 e. The number of carbonyl (C=O) groups excluding carboxylic acids is 2. The third kappa shape index (κ3) is 5.53. The van der Waals surface area contributed by atoms with E-state index in [0.29, 0.717) is 34.1 Å². The Morgan fingerprint density at radius 1 is 1.00 bits per heavy atom. The van der Waals surface area contributed by atoms with Gasteiger partial charge in [-0.1, -0.05) is 19.1 Å². The van der Waals surface area contributed by atoms with E-state index < -0.39 is 0 Å². The fraction of sp³-hybridized carbons (Fsp3) is 0.304. The van der Waals surface area contributed by atoms with E-state index >= 15 is 0 Å². The molecule has 1 atom stereocenters. The number of carbonyl (C=O) groups is 2. The molecular weight excluding hydrogens is 384 g/mol. The molecule has 7 nitrogen and oxygen atoms in total. The second kappa shape index (κ2) is 10.9. The number of hydrogen-bond acceptors (Lipinski definition) is 5. The van der Waals surface area contributed by atoms with E-state index in [9.17, 15) is 9.59 Å². The van der Waals surface area contributed by atoms with Gasteiger partial charge in [-0.25, -0.2) is 0 Å². The van der Waals surface area contributed by atoms with Crippen molar-refractivity contribution in [2.24, 2.45) is 0 Å². The summed E-state index contributed by atoms with van der Waals surface area (Å²) in [4.78, 5) is 25.0. The fourth-order valence-corrected chi connectivity index (χ4v) is 2.79. The van der Waals surface area contributed by atoms with Gasteiger partial charge in [-0.15, -0.1) is 0 Å². The van der Waals surface area contributed by atoms with Crippen LogP contribution in [0.2, 0.25) is 0 Å². The number of nitrogens with one attached hydrogen (secondary N) is 2. The van der Waals surface area contributed by atoms with Gasteiger partial charge in [0.05, 0.1) is 32.6 Å². The second-order valence-corrected chi connectivity index (χ2v) is 6.57. The third-order valence-corrected chi connectivity index (χ3v) is 4.57. The predicted octanol–water partition coefficient (Wildman–Crippen LogP) is 3.89.